The van der Waals surface area contributed by atoms with E-state index in [4.69, 9.17) is 11.6 Å². The highest BCUT2D eigenvalue weighted by atomic mass is 127. The van der Waals surface area contributed by atoms with Crippen LogP contribution >= 0.6 is 50.1 Å². The van der Waals surface area contributed by atoms with Crippen LogP contribution in [0.15, 0.2) is 6.07 Å². The molecule has 0 aliphatic rings. The molecule has 1 rings (SSSR count). The molecule has 0 N–H and O–H groups in total. The summed E-state index contributed by atoms with van der Waals surface area (Å²) in [5.74, 6) is 0. The number of pyridine rings is 1. The summed E-state index contributed by atoms with van der Waals surface area (Å²) >= 11 is 10.6. The molecule has 0 unspecified atom stereocenters. The molecule has 0 saturated heterocycles. The lowest BCUT2D eigenvalue weighted by atomic mass is 10.2. The monoisotopic (exact) mass is 381 g/mol. The first-order chi connectivity index (χ1) is 6.06. The van der Waals surface area contributed by atoms with E-state index in [2.05, 4.69) is 20.9 Å². The molecule has 0 amide bonds. The van der Waals surface area contributed by atoms with Gasteiger partial charge in [-0.05, 0) is 28.7 Å². The van der Waals surface area contributed by atoms with Crippen LogP contribution in [-0.4, -0.2) is 4.98 Å². The first kappa shape index (κ1) is 11.6. The lowest BCUT2D eigenvalue weighted by Crippen LogP contribution is -1.96. The van der Waals surface area contributed by atoms with Crippen LogP contribution in [0, 0.1) is 3.70 Å². The second kappa shape index (κ2) is 4.84. The Hall–Kier alpha value is 0.510. The van der Waals surface area contributed by atoms with E-state index >= 15 is 0 Å². The topological polar surface area (TPSA) is 12.9 Å². The fraction of sp³-hybridized carbons (Fsp3) is 0.286. The summed E-state index contributed by atoms with van der Waals surface area (Å²) in [4.78, 5) is 3.81. The predicted molar refractivity (Wildman–Crippen MR) is 59.6 cm³/mol. The normalized spacial score (nSPS) is 10.9. The number of nitrogens with zero attached hydrogens (tertiary/aromatic N) is 1. The van der Waals surface area contributed by atoms with Crippen molar-refractivity contribution in [3.8, 4) is 0 Å². The second-order valence-electron chi connectivity index (χ2n) is 2.25. The minimum Gasteiger partial charge on any atom is -0.229 e. The highest BCUT2D eigenvalue weighted by molar-refractivity contribution is 14.1. The Kier molecular flexibility index (Phi) is 4.31. The lowest BCUT2D eigenvalue weighted by Gasteiger charge is -2.06. The fourth-order valence-corrected chi connectivity index (χ4v) is 2.35. The Morgan fingerprint density at radius 3 is 2.69 bits per heavy atom. The van der Waals surface area contributed by atoms with Gasteiger partial charge in [-0.25, -0.2) is 13.8 Å². The van der Waals surface area contributed by atoms with Crippen LogP contribution in [-0.2, 0) is 5.33 Å². The predicted octanol–water partition coefficient (Wildman–Crippen LogP) is 4.17. The zero-order valence-electron chi connectivity index (χ0n) is 6.20. The summed E-state index contributed by atoms with van der Waals surface area (Å²) in [6.07, 6.45) is -2.51. The molecule has 1 aromatic rings. The van der Waals surface area contributed by atoms with Crippen molar-refractivity contribution in [2.75, 3.05) is 0 Å². The van der Waals surface area contributed by atoms with E-state index in [9.17, 15) is 8.78 Å². The molecule has 0 aliphatic carbocycles. The number of alkyl halides is 3. The Bertz CT molecular complexity index is 322. The molecular formula is C7H4BrClF2IN. The van der Waals surface area contributed by atoms with Gasteiger partial charge in [0.05, 0.1) is 5.56 Å². The molecule has 0 spiro atoms. The van der Waals surface area contributed by atoms with Crippen LogP contribution in [0.2, 0.25) is 5.15 Å². The van der Waals surface area contributed by atoms with Crippen molar-refractivity contribution in [3.63, 3.8) is 0 Å². The van der Waals surface area contributed by atoms with Gasteiger partial charge in [0, 0.05) is 10.9 Å². The van der Waals surface area contributed by atoms with Crippen LogP contribution < -0.4 is 0 Å². The molecule has 1 aromatic heterocycles. The third-order valence-corrected chi connectivity index (χ3v) is 3.20. The van der Waals surface area contributed by atoms with Crippen molar-refractivity contribution in [1.29, 1.82) is 0 Å². The van der Waals surface area contributed by atoms with Crippen molar-refractivity contribution in [3.05, 3.63) is 26.0 Å². The number of aromatic nitrogens is 1. The Morgan fingerprint density at radius 1 is 1.62 bits per heavy atom. The maximum Gasteiger partial charge on any atom is 0.266 e. The highest BCUT2D eigenvalue weighted by Gasteiger charge is 2.15. The third-order valence-electron chi connectivity index (χ3n) is 1.41. The molecule has 0 aromatic carbocycles. The van der Waals surface area contributed by atoms with Gasteiger partial charge >= 0.3 is 0 Å². The number of hydrogen-bond donors (Lipinski definition) is 0. The molecule has 1 nitrogen and oxygen atoms in total. The van der Waals surface area contributed by atoms with Crippen LogP contribution in [0.25, 0.3) is 0 Å². The molecule has 0 atom stereocenters. The average molecular weight is 382 g/mol. The smallest absolute Gasteiger partial charge is 0.229 e. The maximum absolute atomic E-state index is 12.4. The quantitative estimate of drug-likeness (QED) is 0.425. The van der Waals surface area contributed by atoms with Crippen molar-refractivity contribution in [2.24, 2.45) is 0 Å². The van der Waals surface area contributed by atoms with Gasteiger partial charge in [0.25, 0.3) is 6.43 Å². The van der Waals surface area contributed by atoms with Crippen LogP contribution in [0.5, 0.6) is 0 Å². The summed E-state index contributed by atoms with van der Waals surface area (Å²) in [6.45, 7) is 0. The zero-order chi connectivity index (χ0) is 10.0. The van der Waals surface area contributed by atoms with Crippen molar-refractivity contribution in [1.82, 2.24) is 4.98 Å². The van der Waals surface area contributed by atoms with E-state index in [1.807, 2.05) is 0 Å². The second-order valence-corrected chi connectivity index (χ2v) is 4.19. The third kappa shape index (κ3) is 2.73. The standard InChI is InChI=1S/C7H4BrClF2IN/c8-2-3-1-4(6(10)11)7(12)13-5(3)9/h1,6H,2H2. The van der Waals surface area contributed by atoms with Gasteiger partial charge < -0.3 is 0 Å². The van der Waals surface area contributed by atoms with Gasteiger partial charge in [0.2, 0.25) is 0 Å². The van der Waals surface area contributed by atoms with Gasteiger partial charge in [-0.3, -0.25) is 0 Å². The molecule has 0 radical (unpaired) electrons. The van der Waals surface area contributed by atoms with Crippen LogP contribution in [0.3, 0.4) is 0 Å². The molecule has 0 fully saturated rings. The molecule has 0 saturated carbocycles. The van der Waals surface area contributed by atoms with E-state index in [1.54, 1.807) is 22.6 Å². The maximum atomic E-state index is 12.4. The van der Waals surface area contributed by atoms with E-state index < -0.39 is 6.43 Å². The molecule has 6 heteroatoms. The average Bonchev–Trinajstić information content (AvgIpc) is 2.03. The van der Waals surface area contributed by atoms with Crippen LogP contribution in [0.1, 0.15) is 17.6 Å². The SMILES string of the molecule is FC(F)c1cc(CBr)c(Cl)nc1I. The zero-order valence-corrected chi connectivity index (χ0v) is 10.7. The highest BCUT2D eigenvalue weighted by Crippen LogP contribution is 2.28. The first-order valence-corrected chi connectivity index (χ1v) is 5.83. The van der Waals surface area contributed by atoms with Crippen molar-refractivity contribution in [2.45, 2.75) is 11.8 Å². The van der Waals surface area contributed by atoms with Gasteiger partial charge in [-0.1, -0.05) is 27.5 Å². The van der Waals surface area contributed by atoms with Crippen molar-refractivity contribution >= 4 is 50.1 Å². The van der Waals surface area contributed by atoms with Gasteiger partial charge in [0.15, 0.2) is 0 Å². The summed E-state index contributed by atoms with van der Waals surface area (Å²) in [5.41, 5.74) is 0.511. The summed E-state index contributed by atoms with van der Waals surface area (Å²) < 4.78 is 25.0. The summed E-state index contributed by atoms with van der Waals surface area (Å²) in [6, 6.07) is 1.37. The molecule has 0 aliphatic heterocycles. The van der Waals surface area contributed by atoms with Gasteiger partial charge in [0.1, 0.15) is 8.85 Å². The Balaban J connectivity index is 3.22. The van der Waals surface area contributed by atoms with Crippen LogP contribution in [0.4, 0.5) is 8.78 Å². The summed E-state index contributed by atoms with van der Waals surface area (Å²) in [7, 11) is 0. The molecule has 72 valence electrons. The molecule has 0 bridgehead atoms. The molecule has 13 heavy (non-hydrogen) atoms. The number of hydrogen-bond acceptors (Lipinski definition) is 1. The van der Waals surface area contributed by atoms with E-state index in [-0.39, 0.29) is 14.4 Å². The Morgan fingerprint density at radius 2 is 2.23 bits per heavy atom. The Labute approximate surface area is 101 Å². The summed E-state index contributed by atoms with van der Waals surface area (Å²) in [5, 5.41) is 0.695. The minimum absolute atomic E-state index is 0.0700. The fourth-order valence-electron chi connectivity index (χ4n) is 0.776. The van der Waals surface area contributed by atoms with Gasteiger partial charge in [-0.2, -0.15) is 0 Å². The molecule has 1 heterocycles. The first-order valence-electron chi connectivity index (χ1n) is 3.25. The minimum atomic E-state index is -2.51. The molecular weight excluding hydrogens is 378 g/mol. The van der Waals surface area contributed by atoms with E-state index in [0.29, 0.717) is 10.9 Å². The number of rotatable bonds is 2. The lowest BCUT2D eigenvalue weighted by molar-refractivity contribution is 0.150. The van der Waals surface area contributed by atoms with E-state index in [0.717, 1.165) is 0 Å². The number of halogens is 5. The van der Waals surface area contributed by atoms with Crippen molar-refractivity contribution < 1.29 is 8.78 Å². The van der Waals surface area contributed by atoms with Gasteiger partial charge in [-0.15, -0.1) is 0 Å². The largest absolute Gasteiger partial charge is 0.266 e. The van der Waals surface area contributed by atoms with E-state index in [1.165, 1.54) is 6.07 Å².